The molecule has 0 aliphatic carbocycles. The average Bonchev–Trinajstić information content (AvgIpc) is 2.72. The summed E-state index contributed by atoms with van der Waals surface area (Å²) in [5.74, 6) is 0.194. The lowest BCUT2D eigenvalue weighted by molar-refractivity contribution is 0.112. The molecule has 0 unspecified atom stereocenters. The van der Waals surface area contributed by atoms with Crippen molar-refractivity contribution >= 4 is 17.6 Å². The smallest absolute Gasteiger partial charge is 0.178 e. The van der Waals surface area contributed by atoms with Gasteiger partial charge in [-0.2, -0.15) is 0 Å². The summed E-state index contributed by atoms with van der Waals surface area (Å²) in [6.45, 7) is 2.01. The van der Waals surface area contributed by atoms with Crippen molar-refractivity contribution in [2.24, 2.45) is 0 Å². The number of phenolic OH excluding ortho intramolecular Hbond substituents is 1. The molecule has 1 heterocycles. The van der Waals surface area contributed by atoms with E-state index in [9.17, 15) is 9.90 Å². The van der Waals surface area contributed by atoms with Gasteiger partial charge < -0.3 is 5.11 Å². The maximum absolute atomic E-state index is 10.7. The fourth-order valence-electron chi connectivity index (χ4n) is 1.54. The number of thiazole rings is 1. The number of benzene rings is 1. The summed E-state index contributed by atoms with van der Waals surface area (Å²) < 4.78 is 0. The fraction of sp³-hybridized carbons (Fsp3) is 0.167. The lowest BCUT2D eigenvalue weighted by atomic mass is 10.1. The van der Waals surface area contributed by atoms with Crippen LogP contribution in [-0.4, -0.2) is 16.4 Å². The molecule has 82 valence electrons. The second-order valence-corrected chi connectivity index (χ2v) is 4.43. The van der Waals surface area contributed by atoms with Gasteiger partial charge in [0.2, 0.25) is 0 Å². The van der Waals surface area contributed by atoms with Crippen molar-refractivity contribution in [1.29, 1.82) is 0 Å². The summed E-state index contributed by atoms with van der Waals surface area (Å²) in [5.41, 5.74) is 1.40. The van der Waals surface area contributed by atoms with Crippen LogP contribution in [0.2, 0.25) is 0 Å². The van der Waals surface area contributed by atoms with E-state index >= 15 is 0 Å². The highest BCUT2D eigenvalue weighted by Gasteiger charge is 2.13. The zero-order chi connectivity index (χ0) is 11.5. The predicted molar refractivity (Wildman–Crippen MR) is 64.0 cm³/mol. The Morgan fingerprint density at radius 3 is 2.81 bits per heavy atom. The molecule has 0 radical (unpaired) electrons. The van der Waals surface area contributed by atoms with Crippen LogP contribution in [-0.2, 0) is 6.42 Å². The van der Waals surface area contributed by atoms with Crippen molar-refractivity contribution in [3.8, 4) is 17.0 Å². The molecule has 0 atom stereocenters. The topological polar surface area (TPSA) is 50.2 Å². The van der Waals surface area contributed by atoms with Crippen LogP contribution in [0.15, 0.2) is 24.3 Å². The minimum atomic E-state index is 0.194. The molecule has 4 heteroatoms. The van der Waals surface area contributed by atoms with E-state index in [2.05, 4.69) is 4.98 Å². The van der Waals surface area contributed by atoms with Gasteiger partial charge in [-0.15, -0.1) is 11.3 Å². The molecule has 0 bridgehead atoms. The Bertz CT molecular complexity index is 519. The molecule has 0 saturated heterocycles. The molecule has 0 saturated carbocycles. The van der Waals surface area contributed by atoms with Crippen molar-refractivity contribution < 1.29 is 9.90 Å². The lowest BCUT2D eigenvalue weighted by Gasteiger charge is -2.02. The maximum atomic E-state index is 10.7. The lowest BCUT2D eigenvalue weighted by Crippen LogP contribution is -1.85. The van der Waals surface area contributed by atoms with Gasteiger partial charge in [-0.3, -0.25) is 4.79 Å². The minimum absolute atomic E-state index is 0.194. The van der Waals surface area contributed by atoms with Crippen LogP contribution in [0.3, 0.4) is 0 Å². The third kappa shape index (κ3) is 1.84. The van der Waals surface area contributed by atoms with Gasteiger partial charge in [0, 0.05) is 10.4 Å². The Morgan fingerprint density at radius 1 is 1.44 bits per heavy atom. The molecule has 1 N–H and O–H groups in total. The number of aldehydes is 1. The van der Waals surface area contributed by atoms with Gasteiger partial charge in [-0.05, 0) is 18.6 Å². The molecule has 0 fully saturated rings. The second-order valence-electron chi connectivity index (χ2n) is 3.31. The maximum Gasteiger partial charge on any atom is 0.178 e. The van der Waals surface area contributed by atoms with Crippen molar-refractivity contribution in [3.63, 3.8) is 0 Å². The van der Waals surface area contributed by atoms with E-state index in [1.165, 1.54) is 11.3 Å². The molecule has 0 aliphatic rings. The molecule has 2 rings (SSSR count). The van der Waals surface area contributed by atoms with E-state index in [-0.39, 0.29) is 5.75 Å². The summed E-state index contributed by atoms with van der Waals surface area (Å²) >= 11 is 1.37. The molecule has 1 aromatic carbocycles. The van der Waals surface area contributed by atoms with Crippen molar-refractivity contribution in [3.05, 3.63) is 34.2 Å². The van der Waals surface area contributed by atoms with Gasteiger partial charge in [0.15, 0.2) is 11.3 Å². The highest BCUT2D eigenvalue weighted by Crippen LogP contribution is 2.33. The first-order valence-electron chi connectivity index (χ1n) is 4.99. The molecule has 0 spiro atoms. The van der Waals surface area contributed by atoms with E-state index in [1.54, 1.807) is 18.2 Å². The van der Waals surface area contributed by atoms with E-state index in [0.717, 1.165) is 17.6 Å². The number of aryl methyl sites for hydroxylation is 1. The molecule has 0 aliphatic heterocycles. The van der Waals surface area contributed by atoms with Crippen LogP contribution in [0, 0.1) is 0 Å². The minimum Gasteiger partial charge on any atom is -0.507 e. The van der Waals surface area contributed by atoms with Crippen LogP contribution >= 0.6 is 11.3 Å². The van der Waals surface area contributed by atoms with E-state index in [0.29, 0.717) is 16.3 Å². The fourth-order valence-corrected chi connectivity index (χ4v) is 2.38. The van der Waals surface area contributed by atoms with Crippen LogP contribution in [0.25, 0.3) is 11.3 Å². The Labute approximate surface area is 97.4 Å². The largest absolute Gasteiger partial charge is 0.507 e. The van der Waals surface area contributed by atoms with Crippen LogP contribution < -0.4 is 0 Å². The van der Waals surface area contributed by atoms with Gasteiger partial charge in [-0.25, -0.2) is 4.98 Å². The number of carbonyl (C=O) groups is 1. The normalized spacial score (nSPS) is 10.3. The second kappa shape index (κ2) is 4.45. The quantitative estimate of drug-likeness (QED) is 0.829. The number of phenols is 1. The van der Waals surface area contributed by atoms with Gasteiger partial charge in [0.05, 0.1) is 5.69 Å². The van der Waals surface area contributed by atoms with Crippen molar-refractivity contribution in [1.82, 2.24) is 4.98 Å². The van der Waals surface area contributed by atoms with E-state index in [1.807, 2.05) is 13.0 Å². The summed E-state index contributed by atoms with van der Waals surface area (Å²) in [7, 11) is 0. The van der Waals surface area contributed by atoms with Gasteiger partial charge in [0.25, 0.3) is 0 Å². The first-order chi connectivity index (χ1) is 7.76. The highest BCUT2D eigenvalue weighted by atomic mass is 32.1. The van der Waals surface area contributed by atoms with Gasteiger partial charge in [0.1, 0.15) is 5.75 Å². The Hall–Kier alpha value is -1.68. The summed E-state index contributed by atoms with van der Waals surface area (Å²) in [6, 6.07) is 7.03. The Kier molecular flexibility index (Phi) is 3.01. The number of nitrogens with zero attached hydrogens (tertiary/aromatic N) is 1. The first-order valence-corrected chi connectivity index (χ1v) is 5.81. The van der Waals surface area contributed by atoms with E-state index < -0.39 is 0 Å². The zero-order valence-electron chi connectivity index (χ0n) is 8.80. The van der Waals surface area contributed by atoms with Crippen LogP contribution in [0.5, 0.6) is 5.75 Å². The Balaban J connectivity index is 2.59. The highest BCUT2D eigenvalue weighted by molar-refractivity contribution is 7.13. The van der Waals surface area contributed by atoms with Crippen LogP contribution in [0.4, 0.5) is 0 Å². The number of carbonyl (C=O) groups excluding carboxylic acids is 1. The molecule has 0 amide bonds. The summed E-state index contributed by atoms with van der Waals surface area (Å²) in [4.78, 5) is 15.9. The van der Waals surface area contributed by atoms with Crippen molar-refractivity contribution in [2.45, 2.75) is 13.3 Å². The van der Waals surface area contributed by atoms with Gasteiger partial charge >= 0.3 is 0 Å². The standard InChI is InChI=1S/C12H11NO2S/c1-2-10-12(13-11(7-14)16-10)8-5-3-4-6-9(8)15/h3-7,15H,2H2,1H3. The number of para-hydroxylation sites is 1. The number of rotatable bonds is 3. The van der Waals surface area contributed by atoms with Crippen LogP contribution in [0.1, 0.15) is 21.6 Å². The number of aromatic hydroxyl groups is 1. The molecule has 2 aromatic rings. The predicted octanol–water partition coefficient (Wildman–Crippen LogP) is 2.89. The SMILES string of the molecule is CCc1sc(C=O)nc1-c1ccccc1O. The molecular weight excluding hydrogens is 222 g/mol. The third-order valence-electron chi connectivity index (χ3n) is 2.29. The van der Waals surface area contributed by atoms with Crippen molar-refractivity contribution in [2.75, 3.05) is 0 Å². The first kappa shape index (κ1) is 10.8. The van der Waals surface area contributed by atoms with E-state index in [4.69, 9.17) is 0 Å². The number of hydrogen-bond acceptors (Lipinski definition) is 4. The zero-order valence-corrected chi connectivity index (χ0v) is 9.62. The average molecular weight is 233 g/mol. The monoisotopic (exact) mass is 233 g/mol. The summed E-state index contributed by atoms with van der Waals surface area (Å²) in [5, 5.41) is 10.2. The number of aromatic nitrogens is 1. The third-order valence-corrected chi connectivity index (χ3v) is 3.42. The Morgan fingerprint density at radius 2 is 2.19 bits per heavy atom. The molecular formula is C12H11NO2S. The summed E-state index contributed by atoms with van der Waals surface area (Å²) in [6.07, 6.45) is 1.54. The molecule has 16 heavy (non-hydrogen) atoms. The number of hydrogen-bond donors (Lipinski definition) is 1. The van der Waals surface area contributed by atoms with Gasteiger partial charge in [-0.1, -0.05) is 19.1 Å². The molecule has 1 aromatic heterocycles. The molecule has 3 nitrogen and oxygen atoms in total.